The lowest BCUT2D eigenvalue weighted by molar-refractivity contribution is 0.193. The monoisotopic (exact) mass is 375 g/mol. The van der Waals surface area contributed by atoms with Gasteiger partial charge in [-0.15, -0.1) is 0 Å². The van der Waals surface area contributed by atoms with Gasteiger partial charge in [-0.3, -0.25) is 0 Å². The van der Waals surface area contributed by atoms with Gasteiger partial charge >= 0.3 is 6.09 Å². The van der Waals surface area contributed by atoms with Gasteiger partial charge in [0.1, 0.15) is 5.82 Å². The number of nitrogens with one attached hydrogen (secondary N) is 1. The third kappa shape index (κ3) is 4.24. The molecule has 1 aliphatic rings. The molecule has 1 saturated heterocycles. The number of hydrogen-bond acceptors (Lipinski definition) is 7. The minimum Gasteiger partial charge on any atom is -0.493 e. The van der Waals surface area contributed by atoms with Gasteiger partial charge < -0.3 is 30.5 Å². The Labute approximate surface area is 157 Å². The number of methoxy groups -OCH3 is 2. The lowest BCUT2D eigenvalue weighted by Crippen LogP contribution is -2.36. The summed E-state index contributed by atoms with van der Waals surface area (Å²) in [6.45, 7) is 2.12. The van der Waals surface area contributed by atoms with Crippen molar-refractivity contribution in [2.45, 2.75) is 19.3 Å². The first-order valence-electron chi connectivity index (χ1n) is 8.92. The molecule has 2 heterocycles. The Hall–Kier alpha value is -2.97. The van der Waals surface area contributed by atoms with Crippen molar-refractivity contribution in [3.8, 4) is 11.5 Å². The number of aromatic nitrogens is 2. The lowest BCUT2D eigenvalue weighted by Gasteiger charge is -2.32. The predicted octanol–water partition coefficient (Wildman–Crippen LogP) is 2.10. The van der Waals surface area contributed by atoms with Crippen LogP contribution in [0.1, 0.15) is 19.3 Å². The Morgan fingerprint density at radius 2 is 1.93 bits per heavy atom. The zero-order valence-electron chi connectivity index (χ0n) is 15.6. The summed E-state index contributed by atoms with van der Waals surface area (Å²) in [5.41, 5.74) is 6.87. The highest BCUT2D eigenvalue weighted by molar-refractivity contribution is 5.91. The van der Waals surface area contributed by atoms with Gasteiger partial charge in [-0.05, 0) is 31.2 Å². The van der Waals surface area contributed by atoms with Crippen molar-refractivity contribution in [2.24, 2.45) is 5.92 Å². The van der Waals surface area contributed by atoms with Crippen molar-refractivity contribution in [3.05, 3.63) is 12.1 Å². The molecule has 2 aromatic rings. The summed E-state index contributed by atoms with van der Waals surface area (Å²) < 4.78 is 10.7. The molecular formula is C18H25N5O4. The molecule has 146 valence electrons. The Kier molecular flexibility index (Phi) is 5.68. The second-order valence-electron chi connectivity index (χ2n) is 6.58. The fourth-order valence-electron chi connectivity index (χ4n) is 3.41. The van der Waals surface area contributed by atoms with Crippen LogP contribution in [0.3, 0.4) is 0 Å². The van der Waals surface area contributed by atoms with Crippen LogP contribution in [-0.2, 0) is 0 Å². The second-order valence-corrected chi connectivity index (χ2v) is 6.58. The first-order chi connectivity index (χ1) is 13.0. The number of benzene rings is 1. The minimum atomic E-state index is -0.973. The predicted molar refractivity (Wildman–Crippen MR) is 103 cm³/mol. The number of hydrogen-bond donors (Lipinski definition) is 3. The molecule has 0 saturated carbocycles. The number of piperidine rings is 1. The summed E-state index contributed by atoms with van der Waals surface area (Å²) >= 11 is 0. The number of nitrogens with two attached hydrogens (primary N) is 1. The maximum Gasteiger partial charge on any atom is 0.404 e. The highest BCUT2D eigenvalue weighted by Gasteiger charge is 2.22. The molecule has 1 aromatic heterocycles. The van der Waals surface area contributed by atoms with E-state index in [0.29, 0.717) is 41.2 Å². The zero-order valence-corrected chi connectivity index (χ0v) is 15.6. The fourth-order valence-corrected chi connectivity index (χ4v) is 3.41. The molecule has 4 N–H and O–H groups in total. The van der Waals surface area contributed by atoms with Crippen molar-refractivity contribution in [3.63, 3.8) is 0 Å². The highest BCUT2D eigenvalue weighted by Crippen LogP contribution is 2.34. The van der Waals surface area contributed by atoms with Gasteiger partial charge in [0.15, 0.2) is 11.5 Å². The van der Waals surface area contributed by atoms with Crippen LogP contribution in [0.5, 0.6) is 11.5 Å². The van der Waals surface area contributed by atoms with Crippen LogP contribution < -0.4 is 25.4 Å². The van der Waals surface area contributed by atoms with Crippen LogP contribution in [0.4, 0.5) is 16.6 Å². The third-order valence-electron chi connectivity index (χ3n) is 4.94. The van der Waals surface area contributed by atoms with Crippen molar-refractivity contribution in [1.82, 2.24) is 15.3 Å². The molecule has 0 aliphatic carbocycles. The van der Waals surface area contributed by atoms with Crippen LogP contribution in [0.25, 0.3) is 10.9 Å². The van der Waals surface area contributed by atoms with E-state index in [4.69, 9.17) is 20.3 Å². The average molecular weight is 375 g/mol. The molecule has 1 aromatic carbocycles. The molecule has 0 unspecified atom stereocenters. The van der Waals surface area contributed by atoms with Gasteiger partial charge in [-0.1, -0.05) is 0 Å². The molecule has 0 atom stereocenters. The van der Waals surface area contributed by atoms with Gasteiger partial charge in [0.25, 0.3) is 0 Å². The molecule has 9 heteroatoms. The van der Waals surface area contributed by atoms with Gasteiger partial charge in [0, 0.05) is 31.1 Å². The highest BCUT2D eigenvalue weighted by atomic mass is 16.5. The second kappa shape index (κ2) is 8.15. The molecule has 1 amide bonds. The van der Waals surface area contributed by atoms with E-state index in [1.54, 1.807) is 26.4 Å². The SMILES string of the molecule is COc1cc2nc(N3CCC(CCNC(=O)O)CC3)nc(N)c2cc1OC. The lowest BCUT2D eigenvalue weighted by atomic mass is 9.94. The number of rotatable bonds is 6. The normalized spacial score (nSPS) is 15.0. The van der Waals surface area contributed by atoms with Crippen LogP contribution in [0.15, 0.2) is 12.1 Å². The van der Waals surface area contributed by atoms with Crippen LogP contribution in [0, 0.1) is 5.92 Å². The maximum absolute atomic E-state index is 10.5. The molecule has 1 aliphatic heterocycles. The Morgan fingerprint density at radius 3 is 2.56 bits per heavy atom. The van der Waals surface area contributed by atoms with E-state index in [1.165, 1.54) is 0 Å². The number of anilines is 2. The smallest absolute Gasteiger partial charge is 0.404 e. The van der Waals surface area contributed by atoms with E-state index >= 15 is 0 Å². The summed E-state index contributed by atoms with van der Waals surface area (Å²) in [4.78, 5) is 21.8. The summed E-state index contributed by atoms with van der Waals surface area (Å²) in [6.07, 6.45) is 1.81. The molecule has 0 bridgehead atoms. The van der Waals surface area contributed by atoms with Gasteiger partial charge in [-0.25, -0.2) is 9.78 Å². The van der Waals surface area contributed by atoms with Gasteiger partial charge in [0.05, 0.1) is 19.7 Å². The quantitative estimate of drug-likeness (QED) is 0.701. The van der Waals surface area contributed by atoms with Crippen molar-refractivity contribution < 1.29 is 19.4 Å². The Morgan fingerprint density at radius 1 is 1.26 bits per heavy atom. The first-order valence-corrected chi connectivity index (χ1v) is 8.92. The summed E-state index contributed by atoms with van der Waals surface area (Å²) in [5, 5.41) is 11.8. The van der Waals surface area contributed by atoms with Gasteiger partial charge in [-0.2, -0.15) is 4.98 Å². The van der Waals surface area contributed by atoms with Crippen LogP contribution in [0.2, 0.25) is 0 Å². The van der Waals surface area contributed by atoms with E-state index in [9.17, 15) is 4.79 Å². The first kappa shape index (κ1) is 18.8. The Bertz CT molecular complexity index is 821. The van der Waals surface area contributed by atoms with Crippen LogP contribution >= 0.6 is 0 Å². The molecule has 3 rings (SSSR count). The van der Waals surface area contributed by atoms with Crippen molar-refractivity contribution in [2.75, 3.05) is 44.5 Å². The third-order valence-corrected chi connectivity index (χ3v) is 4.94. The largest absolute Gasteiger partial charge is 0.493 e. The number of nitrogens with zero attached hydrogens (tertiary/aromatic N) is 3. The van der Waals surface area contributed by atoms with Crippen molar-refractivity contribution in [1.29, 1.82) is 0 Å². The number of amides is 1. The number of fused-ring (bicyclic) bond motifs is 1. The number of ether oxygens (including phenoxy) is 2. The van der Waals surface area contributed by atoms with E-state index in [2.05, 4.69) is 20.2 Å². The van der Waals surface area contributed by atoms with Crippen LogP contribution in [-0.4, -0.2) is 55.0 Å². The minimum absolute atomic E-state index is 0.406. The van der Waals surface area contributed by atoms with Crippen molar-refractivity contribution >= 4 is 28.8 Å². The number of carboxylic acid groups (broad SMARTS) is 1. The standard InChI is InChI=1S/C18H25N5O4/c1-26-14-9-12-13(10-15(14)27-2)21-17(22-16(12)19)23-7-4-11(5-8-23)3-6-20-18(24)25/h9-11,20H,3-8H2,1-2H3,(H,24,25)(H2,19,21,22). The topological polar surface area (TPSA) is 123 Å². The Balaban J connectivity index is 1.73. The van der Waals surface area contributed by atoms with E-state index in [0.717, 1.165) is 37.7 Å². The molecule has 1 fully saturated rings. The molecule has 0 spiro atoms. The van der Waals surface area contributed by atoms with E-state index in [1.807, 2.05) is 0 Å². The van der Waals surface area contributed by atoms with E-state index in [-0.39, 0.29) is 0 Å². The maximum atomic E-state index is 10.5. The van der Waals surface area contributed by atoms with Gasteiger partial charge in [0.2, 0.25) is 5.95 Å². The summed E-state index contributed by atoms with van der Waals surface area (Å²) in [7, 11) is 3.16. The fraction of sp³-hybridized carbons (Fsp3) is 0.500. The zero-order chi connectivity index (χ0) is 19.4. The molecule has 9 nitrogen and oxygen atoms in total. The number of carbonyl (C=O) groups is 1. The number of nitrogen functional groups attached to an aromatic ring is 1. The average Bonchev–Trinajstić information content (AvgIpc) is 2.67. The molecular weight excluding hydrogens is 350 g/mol. The summed E-state index contributed by atoms with van der Waals surface area (Å²) in [6, 6.07) is 3.59. The summed E-state index contributed by atoms with van der Waals surface area (Å²) in [5.74, 6) is 2.69. The van der Waals surface area contributed by atoms with E-state index < -0.39 is 6.09 Å². The molecule has 27 heavy (non-hydrogen) atoms. The molecule has 0 radical (unpaired) electrons.